The van der Waals surface area contributed by atoms with Crippen LogP contribution >= 0.6 is 0 Å². The molecule has 1 aliphatic heterocycles. The number of benzene rings is 2. The normalized spacial score (nSPS) is 16.3. The molecular weight excluding hydrogens is 370 g/mol. The Morgan fingerprint density at radius 2 is 1.73 bits per heavy atom. The minimum Gasteiger partial charge on any atom is -0.369 e. The number of hydrogen-bond acceptors (Lipinski definition) is 3. The number of amides is 1. The molecule has 30 heavy (non-hydrogen) atoms. The van der Waals surface area contributed by atoms with Gasteiger partial charge in [0.25, 0.3) is 0 Å². The van der Waals surface area contributed by atoms with E-state index in [0.717, 1.165) is 49.2 Å². The van der Waals surface area contributed by atoms with Crippen LogP contribution in [0.2, 0.25) is 0 Å². The Morgan fingerprint density at radius 1 is 1.00 bits per heavy atom. The van der Waals surface area contributed by atoms with Crippen molar-refractivity contribution in [3.05, 3.63) is 89.7 Å². The van der Waals surface area contributed by atoms with Gasteiger partial charge in [-0.25, -0.2) is 0 Å². The minimum absolute atomic E-state index is 0.172. The number of nitrogens with two attached hydrogens (primary N) is 1. The van der Waals surface area contributed by atoms with Gasteiger partial charge in [0.05, 0.1) is 5.41 Å². The van der Waals surface area contributed by atoms with Crippen molar-refractivity contribution in [3.8, 4) is 11.1 Å². The molecule has 1 aliphatic rings. The molecule has 0 radical (unpaired) electrons. The van der Waals surface area contributed by atoms with Crippen LogP contribution in [0.4, 0.5) is 0 Å². The molecule has 4 heteroatoms. The summed E-state index contributed by atoms with van der Waals surface area (Å²) in [5.74, 6) is -0.172. The van der Waals surface area contributed by atoms with Gasteiger partial charge in [-0.3, -0.25) is 14.7 Å². The van der Waals surface area contributed by atoms with Gasteiger partial charge in [-0.15, -0.1) is 0 Å². The van der Waals surface area contributed by atoms with Gasteiger partial charge in [0, 0.05) is 18.9 Å². The topological polar surface area (TPSA) is 59.2 Å². The highest BCUT2D eigenvalue weighted by Gasteiger charge is 2.39. The van der Waals surface area contributed by atoms with Crippen molar-refractivity contribution in [2.24, 2.45) is 11.1 Å². The van der Waals surface area contributed by atoms with E-state index in [2.05, 4.69) is 71.4 Å². The van der Waals surface area contributed by atoms with E-state index in [1.165, 1.54) is 11.1 Å². The Labute approximate surface area is 178 Å². The van der Waals surface area contributed by atoms with Crippen molar-refractivity contribution in [3.63, 3.8) is 0 Å². The van der Waals surface area contributed by atoms with E-state index in [4.69, 9.17) is 5.73 Å². The summed E-state index contributed by atoms with van der Waals surface area (Å²) >= 11 is 0. The molecule has 1 fully saturated rings. The van der Waals surface area contributed by atoms with Gasteiger partial charge in [-0.1, -0.05) is 54.6 Å². The summed E-state index contributed by atoms with van der Waals surface area (Å²) in [7, 11) is 0. The van der Waals surface area contributed by atoms with Crippen molar-refractivity contribution < 1.29 is 4.79 Å². The Bertz CT molecular complexity index is 990. The largest absolute Gasteiger partial charge is 0.369 e. The number of carbonyl (C=O) groups excluding carboxylic acids is 1. The summed E-state index contributed by atoms with van der Waals surface area (Å²) in [6.45, 7) is 4.87. The summed E-state index contributed by atoms with van der Waals surface area (Å²) in [5.41, 5.74) is 11.5. The minimum atomic E-state index is -0.460. The van der Waals surface area contributed by atoms with Crippen LogP contribution in [0, 0.1) is 12.3 Å². The van der Waals surface area contributed by atoms with Gasteiger partial charge in [0.1, 0.15) is 0 Å². The molecule has 0 unspecified atom stereocenters. The van der Waals surface area contributed by atoms with Crippen molar-refractivity contribution in [2.75, 3.05) is 13.1 Å². The summed E-state index contributed by atoms with van der Waals surface area (Å²) in [5, 5.41) is 0. The Hall–Kier alpha value is -2.98. The number of rotatable bonds is 6. The van der Waals surface area contributed by atoms with E-state index >= 15 is 0 Å². The first-order valence-corrected chi connectivity index (χ1v) is 10.6. The smallest absolute Gasteiger partial charge is 0.224 e. The third kappa shape index (κ3) is 4.44. The molecule has 0 atom stereocenters. The zero-order valence-electron chi connectivity index (χ0n) is 17.6. The fourth-order valence-corrected chi connectivity index (χ4v) is 4.42. The molecule has 2 N–H and O–H groups in total. The van der Waals surface area contributed by atoms with Crippen LogP contribution in [-0.4, -0.2) is 28.9 Å². The Morgan fingerprint density at radius 3 is 2.37 bits per heavy atom. The first kappa shape index (κ1) is 20.3. The highest BCUT2D eigenvalue weighted by atomic mass is 16.1. The third-order valence-electron chi connectivity index (χ3n) is 6.48. The quantitative estimate of drug-likeness (QED) is 0.670. The van der Waals surface area contributed by atoms with Gasteiger partial charge < -0.3 is 5.73 Å². The number of aromatic nitrogens is 1. The maximum atomic E-state index is 12.5. The summed E-state index contributed by atoms with van der Waals surface area (Å²) in [4.78, 5) is 19.1. The van der Waals surface area contributed by atoms with Crippen LogP contribution < -0.4 is 5.73 Å². The lowest BCUT2D eigenvalue weighted by atomic mass is 9.73. The van der Waals surface area contributed by atoms with Crippen molar-refractivity contribution in [1.82, 2.24) is 9.88 Å². The van der Waals surface area contributed by atoms with Gasteiger partial charge >= 0.3 is 0 Å². The lowest BCUT2D eigenvalue weighted by Gasteiger charge is -2.40. The zero-order valence-corrected chi connectivity index (χ0v) is 17.6. The maximum absolute atomic E-state index is 12.5. The molecule has 0 spiro atoms. The van der Waals surface area contributed by atoms with Gasteiger partial charge in [0.2, 0.25) is 5.91 Å². The molecule has 1 aromatic heterocycles. The Kier molecular flexibility index (Phi) is 5.96. The van der Waals surface area contributed by atoms with E-state index in [1.807, 2.05) is 12.3 Å². The summed E-state index contributed by atoms with van der Waals surface area (Å²) < 4.78 is 0. The monoisotopic (exact) mass is 399 g/mol. The number of nitrogens with zero attached hydrogens (tertiary/aromatic N) is 2. The van der Waals surface area contributed by atoms with Gasteiger partial charge in [-0.2, -0.15) is 0 Å². The molecule has 0 aliphatic carbocycles. The van der Waals surface area contributed by atoms with Crippen LogP contribution in [-0.2, 0) is 17.8 Å². The van der Waals surface area contributed by atoms with Crippen LogP contribution in [0.15, 0.2) is 73.1 Å². The average Bonchev–Trinajstić information content (AvgIpc) is 2.78. The molecule has 1 amide bonds. The predicted molar refractivity (Wildman–Crippen MR) is 121 cm³/mol. The van der Waals surface area contributed by atoms with E-state index < -0.39 is 5.41 Å². The van der Waals surface area contributed by atoms with Crippen molar-refractivity contribution in [1.29, 1.82) is 0 Å². The fourth-order valence-electron chi connectivity index (χ4n) is 4.42. The molecular formula is C26H29N3O. The van der Waals surface area contributed by atoms with Crippen LogP contribution in [0.3, 0.4) is 0 Å². The summed E-state index contributed by atoms with van der Waals surface area (Å²) in [6.07, 6.45) is 5.95. The standard InChI is InChI=1S/C26H29N3O/c1-20-5-2-3-6-24(20)19-29-15-12-26(13-16-29,25(27)30)17-21-8-10-22(11-9-21)23-7-4-14-28-18-23/h2-11,14,18H,12-13,15-17,19H2,1H3,(H2,27,30). The Balaban J connectivity index is 1.43. The molecule has 3 aromatic rings. The van der Waals surface area contributed by atoms with Crippen LogP contribution in [0.1, 0.15) is 29.5 Å². The average molecular weight is 400 g/mol. The first-order valence-electron chi connectivity index (χ1n) is 10.6. The van der Waals surface area contributed by atoms with Crippen molar-refractivity contribution >= 4 is 5.91 Å². The maximum Gasteiger partial charge on any atom is 0.224 e. The number of pyridine rings is 1. The lowest BCUT2D eigenvalue weighted by Crippen LogP contribution is -2.48. The van der Waals surface area contributed by atoms with E-state index in [0.29, 0.717) is 6.42 Å². The van der Waals surface area contributed by atoms with E-state index in [-0.39, 0.29) is 5.91 Å². The van der Waals surface area contributed by atoms with Crippen molar-refractivity contribution in [2.45, 2.75) is 32.7 Å². The second kappa shape index (κ2) is 8.80. The van der Waals surface area contributed by atoms with Gasteiger partial charge in [-0.05, 0) is 73.2 Å². The molecule has 2 heterocycles. The predicted octanol–water partition coefficient (Wildman–Crippen LogP) is 4.37. The third-order valence-corrected chi connectivity index (χ3v) is 6.48. The van der Waals surface area contributed by atoms with E-state index in [9.17, 15) is 4.79 Å². The van der Waals surface area contributed by atoms with E-state index in [1.54, 1.807) is 6.20 Å². The molecule has 0 bridgehead atoms. The van der Waals surface area contributed by atoms with Crippen LogP contribution in [0.5, 0.6) is 0 Å². The SMILES string of the molecule is Cc1ccccc1CN1CCC(Cc2ccc(-c3cccnc3)cc2)(C(N)=O)CC1. The molecule has 2 aromatic carbocycles. The number of primary amides is 1. The molecule has 154 valence electrons. The molecule has 4 rings (SSSR count). The number of likely N-dealkylation sites (tertiary alicyclic amines) is 1. The number of hydrogen-bond donors (Lipinski definition) is 1. The molecule has 4 nitrogen and oxygen atoms in total. The number of aryl methyl sites for hydroxylation is 1. The zero-order chi connectivity index (χ0) is 21.0. The fraction of sp³-hybridized carbons (Fsp3) is 0.308. The molecule has 0 saturated carbocycles. The highest BCUT2D eigenvalue weighted by Crippen LogP contribution is 2.36. The van der Waals surface area contributed by atoms with Crippen LogP contribution in [0.25, 0.3) is 11.1 Å². The second-order valence-electron chi connectivity index (χ2n) is 8.46. The molecule has 1 saturated heterocycles. The van der Waals surface area contributed by atoms with Gasteiger partial charge in [0.15, 0.2) is 0 Å². The number of carbonyl (C=O) groups is 1. The number of piperidine rings is 1. The lowest BCUT2D eigenvalue weighted by molar-refractivity contribution is -0.130. The second-order valence-corrected chi connectivity index (χ2v) is 8.46. The highest BCUT2D eigenvalue weighted by molar-refractivity contribution is 5.81. The first-order chi connectivity index (χ1) is 14.6. The summed E-state index contributed by atoms with van der Waals surface area (Å²) in [6, 6.07) is 21.0.